The van der Waals surface area contributed by atoms with Crippen LogP contribution in [-0.2, 0) is 0 Å². The van der Waals surface area contributed by atoms with Crippen molar-refractivity contribution < 1.29 is 0 Å². The number of rotatable bonds is 4. The van der Waals surface area contributed by atoms with Gasteiger partial charge in [-0.1, -0.05) is 17.7 Å². The lowest BCUT2D eigenvalue weighted by Crippen LogP contribution is -2.30. The molecule has 0 aromatic carbocycles. The summed E-state index contributed by atoms with van der Waals surface area (Å²) < 4.78 is 0. The zero-order valence-corrected chi connectivity index (χ0v) is 14.8. The number of hydrogen-bond donors (Lipinski definition) is 2. The van der Waals surface area contributed by atoms with Crippen LogP contribution in [0.15, 0.2) is 36.5 Å². The van der Waals surface area contributed by atoms with Gasteiger partial charge in [0.1, 0.15) is 22.2 Å². The molecule has 0 saturated heterocycles. The topological polar surface area (TPSA) is 75.6 Å². The predicted octanol–water partition coefficient (Wildman–Crippen LogP) is 3.44. The van der Waals surface area contributed by atoms with E-state index in [-0.39, 0.29) is 0 Å². The molecule has 0 radical (unpaired) electrons. The molecule has 2 N–H and O–H groups in total. The maximum absolute atomic E-state index is 5.95. The van der Waals surface area contributed by atoms with Gasteiger partial charge >= 0.3 is 0 Å². The summed E-state index contributed by atoms with van der Waals surface area (Å²) in [5.41, 5.74) is 2.50. The molecule has 1 aliphatic carbocycles. The molecule has 3 heterocycles. The van der Waals surface area contributed by atoms with Crippen LogP contribution in [0, 0.1) is 5.92 Å². The van der Waals surface area contributed by atoms with E-state index in [2.05, 4.69) is 30.6 Å². The maximum Gasteiger partial charge on any atom is 0.180 e. The van der Waals surface area contributed by atoms with Gasteiger partial charge in [-0.15, -0.1) is 0 Å². The van der Waals surface area contributed by atoms with Crippen molar-refractivity contribution in [2.45, 2.75) is 12.8 Å². The van der Waals surface area contributed by atoms with E-state index in [1.54, 1.807) is 12.3 Å². The minimum absolute atomic E-state index is 0.412. The van der Waals surface area contributed by atoms with Gasteiger partial charge < -0.3 is 10.6 Å². The van der Waals surface area contributed by atoms with Crippen LogP contribution in [0.4, 0.5) is 5.82 Å². The van der Waals surface area contributed by atoms with E-state index >= 15 is 0 Å². The highest BCUT2D eigenvalue weighted by Crippen LogP contribution is 2.27. The average molecular weight is 371 g/mol. The lowest BCUT2D eigenvalue weighted by atomic mass is 10.3. The van der Waals surface area contributed by atoms with Gasteiger partial charge in [-0.05, 0) is 55.2 Å². The minimum Gasteiger partial charge on any atom is -0.362 e. The van der Waals surface area contributed by atoms with Gasteiger partial charge in [0.25, 0.3) is 0 Å². The Morgan fingerprint density at radius 2 is 2.00 bits per heavy atom. The number of anilines is 1. The fourth-order valence-electron chi connectivity index (χ4n) is 2.36. The second-order valence-corrected chi connectivity index (χ2v) is 6.71. The monoisotopic (exact) mass is 370 g/mol. The van der Waals surface area contributed by atoms with Gasteiger partial charge in [-0.3, -0.25) is 4.98 Å². The first-order chi connectivity index (χ1) is 12.2. The summed E-state index contributed by atoms with van der Waals surface area (Å²) in [6.07, 6.45) is 4.22. The van der Waals surface area contributed by atoms with Crippen molar-refractivity contribution in [3.63, 3.8) is 0 Å². The third-order valence-corrected chi connectivity index (χ3v) is 4.33. The van der Waals surface area contributed by atoms with Gasteiger partial charge in [0, 0.05) is 6.54 Å². The van der Waals surface area contributed by atoms with E-state index in [1.165, 1.54) is 12.8 Å². The van der Waals surface area contributed by atoms with Crippen molar-refractivity contribution in [1.29, 1.82) is 0 Å². The summed E-state index contributed by atoms with van der Waals surface area (Å²) >= 11 is 11.2. The van der Waals surface area contributed by atoms with E-state index in [4.69, 9.17) is 23.8 Å². The molecule has 1 saturated carbocycles. The Morgan fingerprint density at radius 3 is 2.80 bits per heavy atom. The summed E-state index contributed by atoms with van der Waals surface area (Å²) in [6, 6.07) is 9.07. The number of thiocarbonyl (C=S) groups is 1. The van der Waals surface area contributed by atoms with Crippen LogP contribution in [-0.4, -0.2) is 31.6 Å². The van der Waals surface area contributed by atoms with Crippen molar-refractivity contribution in [1.82, 2.24) is 25.3 Å². The molecule has 3 aromatic rings. The number of nitrogens with one attached hydrogen (secondary N) is 2. The molecule has 1 aliphatic rings. The molecule has 0 amide bonds. The first-order valence-corrected chi connectivity index (χ1v) is 8.77. The molecule has 1 fully saturated rings. The highest BCUT2D eigenvalue weighted by molar-refractivity contribution is 7.80. The van der Waals surface area contributed by atoms with Gasteiger partial charge in [0.05, 0.1) is 11.9 Å². The summed E-state index contributed by atoms with van der Waals surface area (Å²) in [7, 11) is 0. The number of hydrogen-bond acceptors (Lipinski definition) is 5. The quantitative estimate of drug-likeness (QED) is 0.538. The molecule has 8 heteroatoms. The lowest BCUT2D eigenvalue weighted by Gasteiger charge is -2.09. The smallest absolute Gasteiger partial charge is 0.180 e. The molecular formula is C17H15ClN6S. The van der Waals surface area contributed by atoms with Crippen molar-refractivity contribution in [3.05, 3.63) is 41.7 Å². The van der Waals surface area contributed by atoms with Crippen LogP contribution in [0.25, 0.3) is 22.6 Å². The van der Waals surface area contributed by atoms with Crippen molar-refractivity contribution in [2.75, 3.05) is 11.9 Å². The predicted molar refractivity (Wildman–Crippen MR) is 103 cm³/mol. The van der Waals surface area contributed by atoms with Crippen LogP contribution >= 0.6 is 23.8 Å². The van der Waals surface area contributed by atoms with E-state index in [1.807, 2.05) is 24.3 Å². The largest absolute Gasteiger partial charge is 0.362 e. The van der Waals surface area contributed by atoms with Gasteiger partial charge in [-0.2, -0.15) is 0 Å². The van der Waals surface area contributed by atoms with E-state index in [0.29, 0.717) is 38.6 Å². The Labute approximate surface area is 155 Å². The molecule has 126 valence electrons. The van der Waals surface area contributed by atoms with Crippen LogP contribution in [0.1, 0.15) is 12.8 Å². The summed E-state index contributed by atoms with van der Waals surface area (Å²) in [4.78, 5) is 17.7. The molecule has 0 atom stereocenters. The molecule has 0 aliphatic heterocycles. The molecule has 6 nitrogen and oxygen atoms in total. The van der Waals surface area contributed by atoms with Gasteiger partial charge in [0.15, 0.2) is 10.8 Å². The third-order valence-electron chi connectivity index (χ3n) is 3.87. The summed E-state index contributed by atoms with van der Waals surface area (Å²) in [5.74, 6) is 1.38. The SMILES string of the molecule is S=C(NCC1CC1)Nc1ccc2ncc(-c3cccc(Cl)n3)nc2n1. The molecule has 0 unspecified atom stereocenters. The fraction of sp³-hybridized carbons (Fsp3) is 0.235. The van der Waals surface area contributed by atoms with Crippen LogP contribution in [0.5, 0.6) is 0 Å². The zero-order chi connectivity index (χ0) is 17.2. The first kappa shape index (κ1) is 16.1. The molecular weight excluding hydrogens is 356 g/mol. The second kappa shape index (κ2) is 6.85. The van der Waals surface area contributed by atoms with Crippen molar-refractivity contribution in [3.8, 4) is 11.4 Å². The second-order valence-electron chi connectivity index (χ2n) is 5.92. The summed E-state index contributed by atoms with van der Waals surface area (Å²) in [5, 5.41) is 7.28. The standard InChI is InChI=1S/C17H15ClN6S/c18-14-3-1-2-11(21-14)13-9-19-12-6-7-15(23-16(12)22-13)24-17(25)20-8-10-4-5-10/h1-3,6-7,9-10H,4-5,8H2,(H2,20,22,23,24,25). The molecule has 4 rings (SSSR count). The normalized spacial score (nSPS) is 13.6. The van der Waals surface area contributed by atoms with E-state index in [9.17, 15) is 0 Å². The number of fused-ring (bicyclic) bond motifs is 1. The lowest BCUT2D eigenvalue weighted by molar-refractivity contribution is 0.777. The Kier molecular flexibility index (Phi) is 4.42. The highest BCUT2D eigenvalue weighted by atomic mass is 35.5. The van der Waals surface area contributed by atoms with Gasteiger partial charge in [-0.25, -0.2) is 15.0 Å². The van der Waals surface area contributed by atoms with Crippen LogP contribution < -0.4 is 10.6 Å². The van der Waals surface area contributed by atoms with E-state index in [0.717, 1.165) is 12.5 Å². The molecule has 0 bridgehead atoms. The Balaban J connectivity index is 1.56. The first-order valence-electron chi connectivity index (χ1n) is 7.99. The Morgan fingerprint density at radius 1 is 1.12 bits per heavy atom. The van der Waals surface area contributed by atoms with Gasteiger partial charge in [0.2, 0.25) is 0 Å². The Bertz CT molecular complexity index is 943. The third kappa shape index (κ3) is 4.00. The van der Waals surface area contributed by atoms with Crippen molar-refractivity contribution in [2.24, 2.45) is 5.92 Å². The zero-order valence-electron chi connectivity index (χ0n) is 13.2. The van der Waals surface area contributed by atoms with Crippen LogP contribution in [0.3, 0.4) is 0 Å². The molecule has 0 spiro atoms. The Hall–Kier alpha value is -2.38. The number of pyridine rings is 2. The highest BCUT2D eigenvalue weighted by Gasteiger charge is 2.20. The number of aromatic nitrogens is 4. The molecule has 25 heavy (non-hydrogen) atoms. The number of nitrogens with zero attached hydrogens (tertiary/aromatic N) is 4. The fourth-order valence-corrected chi connectivity index (χ4v) is 2.71. The minimum atomic E-state index is 0.412. The van der Waals surface area contributed by atoms with Crippen molar-refractivity contribution >= 4 is 45.9 Å². The average Bonchev–Trinajstić information content (AvgIpc) is 3.44. The summed E-state index contributed by atoms with van der Waals surface area (Å²) in [6.45, 7) is 0.907. The van der Waals surface area contributed by atoms with Crippen LogP contribution in [0.2, 0.25) is 5.15 Å². The van der Waals surface area contributed by atoms with E-state index < -0.39 is 0 Å². The number of halogens is 1. The maximum atomic E-state index is 5.95. The molecule has 3 aromatic heterocycles.